The van der Waals surface area contributed by atoms with Crippen molar-refractivity contribution < 1.29 is 9.53 Å². The zero-order chi connectivity index (χ0) is 10.8. The number of nitrogens with zero attached hydrogens (tertiary/aromatic N) is 2. The van der Waals surface area contributed by atoms with E-state index in [0.717, 1.165) is 0 Å². The van der Waals surface area contributed by atoms with Gasteiger partial charge in [-0.1, -0.05) is 0 Å². The number of H-pyrrole nitrogens is 1. The summed E-state index contributed by atoms with van der Waals surface area (Å²) >= 11 is 0. The van der Waals surface area contributed by atoms with Crippen molar-refractivity contribution in [3.8, 4) is 0 Å². The molecule has 0 aliphatic carbocycles. The molecule has 0 aliphatic rings. The Hall–Kier alpha value is -2.11. The van der Waals surface area contributed by atoms with Gasteiger partial charge in [-0.25, -0.2) is 14.3 Å². The van der Waals surface area contributed by atoms with E-state index in [2.05, 4.69) is 10.1 Å². The first-order valence-electron chi connectivity index (χ1n) is 4.46. The summed E-state index contributed by atoms with van der Waals surface area (Å²) in [6.45, 7) is 1.90. The van der Waals surface area contributed by atoms with Crippen LogP contribution >= 0.6 is 0 Å². The molecule has 0 saturated carbocycles. The van der Waals surface area contributed by atoms with Crippen molar-refractivity contribution in [3.63, 3.8) is 0 Å². The van der Waals surface area contributed by atoms with Crippen LogP contribution in [0.1, 0.15) is 17.3 Å². The van der Waals surface area contributed by atoms with Crippen molar-refractivity contribution in [2.24, 2.45) is 0 Å². The van der Waals surface area contributed by atoms with Crippen LogP contribution in [0.15, 0.2) is 23.3 Å². The molecule has 6 nitrogen and oxygen atoms in total. The summed E-state index contributed by atoms with van der Waals surface area (Å²) in [6, 6.07) is 1.64. The van der Waals surface area contributed by atoms with E-state index in [-0.39, 0.29) is 12.2 Å². The summed E-state index contributed by atoms with van der Waals surface area (Å²) in [5, 5.41) is 2.66. The van der Waals surface area contributed by atoms with Gasteiger partial charge in [-0.15, -0.1) is 0 Å². The number of fused-ring (bicyclic) bond motifs is 1. The summed E-state index contributed by atoms with van der Waals surface area (Å²) in [4.78, 5) is 27.0. The fourth-order valence-corrected chi connectivity index (χ4v) is 1.25. The lowest BCUT2D eigenvalue weighted by Gasteiger charge is -2.00. The lowest BCUT2D eigenvalue weighted by atomic mass is 10.3. The molecular weight excluding hydrogens is 198 g/mol. The number of aromatic amines is 1. The Balaban J connectivity index is 2.57. The molecule has 0 unspecified atom stereocenters. The van der Waals surface area contributed by atoms with Gasteiger partial charge in [-0.2, -0.15) is 0 Å². The summed E-state index contributed by atoms with van der Waals surface area (Å²) in [5.74, 6) is -0.654. The van der Waals surface area contributed by atoms with Crippen molar-refractivity contribution in [3.05, 3.63) is 34.4 Å². The van der Waals surface area contributed by atoms with Gasteiger partial charge in [0.15, 0.2) is 5.65 Å². The summed E-state index contributed by atoms with van der Waals surface area (Å²) in [6.07, 6.45) is 2.79. The lowest BCUT2D eigenvalue weighted by Crippen LogP contribution is -2.24. The third-order valence-electron chi connectivity index (χ3n) is 1.92. The minimum absolute atomic E-state index is 0.0724. The zero-order valence-corrected chi connectivity index (χ0v) is 8.06. The summed E-state index contributed by atoms with van der Waals surface area (Å²) in [7, 11) is 0. The molecule has 0 bridgehead atoms. The van der Waals surface area contributed by atoms with Crippen LogP contribution in [0.25, 0.3) is 5.65 Å². The number of hydrogen-bond acceptors (Lipinski definition) is 4. The predicted octanol–water partition coefficient (Wildman–Crippen LogP) is 0.199. The fourth-order valence-electron chi connectivity index (χ4n) is 1.25. The molecule has 0 atom stereocenters. The van der Waals surface area contributed by atoms with Gasteiger partial charge in [0.1, 0.15) is 5.56 Å². The van der Waals surface area contributed by atoms with E-state index in [1.807, 2.05) is 0 Å². The number of esters is 1. The van der Waals surface area contributed by atoms with Crippen LogP contribution in [0.3, 0.4) is 0 Å². The molecule has 1 N–H and O–H groups in total. The monoisotopic (exact) mass is 207 g/mol. The van der Waals surface area contributed by atoms with Gasteiger partial charge in [0.2, 0.25) is 0 Å². The number of hydrogen-bond donors (Lipinski definition) is 1. The molecule has 78 valence electrons. The molecule has 0 spiro atoms. The van der Waals surface area contributed by atoms with Crippen molar-refractivity contribution in [2.75, 3.05) is 6.61 Å². The van der Waals surface area contributed by atoms with Crippen LogP contribution in [-0.2, 0) is 4.74 Å². The molecule has 0 saturated heterocycles. The summed E-state index contributed by atoms with van der Waals surface area (Å²) in [5.41, 5.74) is -0.0618. The first kappa shape index (κ1) is 9.45. The molecule has 0 radical (unpaired) electrons. The average Bonchev–Trinajstić information content (AvgIpc) is 2.67. The van der Waals surface area contributed by atoms with Gasteiger partial charge in [0.25, 0.3) is 5.56 Å². The van der Waals surface area contributed by atoms with E-state index < -0.39 is 11.5 Å². The topological polar surface area (TPSA) is 76.5 Å². The average molecular weight is 207 g/mol. The van der Waals surface area contributed by atoms with Crippen LogP contribution in [-0.4, -0.2) is 27.2 Å². The predicted molar refractivity (Wildman–Crippen MR) is 51.8 cm³/mol. The van der Waals surface area contributed by atoms with Crippen molar-refractivity contribution >= 4 is 11.6 Å². The molecule has 2 aromatic heterocycles. The Kier molecular flexibility index (Phi) is 2.24. The highest BCUT2D eigenvalue weighted by molar-refractivity contribution is 5.88. The van der Waals surface area contributed by atoms with E-state index in [4.69, 9.17) is 4.74 Å². The quantitative estimate of drug-likeness (QED) is 0.713. The minimum atomic E-state index is -0.654. The number of carbonyl (C=O) groups is 1. The van der Waals surface area contributed by atoms with Crippen molar-refractivity contribution in [1.82, 2.24) is 14.6 Å². The number of rotatable bonds is 2. The van der Waals surface area contributed by atoms with Crippen LogP contribution in [0.5, 0.6) is 0 Å². The van der Waals surface area contributed by atoms with Crippen molar-refractivity contribution in [1.29, 1.82) is 0 Å². The highest BCUT2D eigenvalue weighted by Gasteiger charge is 2.14. The number of carbonyl (C=O) groups excluding carboxylic acids is 1. The molecule has 0 fully saturated rings. The van der Waals surface area contributed by atoms with Gasteiger partial charge >= 0.3 is 5.97 Å². The Labute approximate surface area is 84.5 Å². The molecular formula is C9H9N3O3. The van der Waals surface area contributed by atoms with Gasteiger partial charge in [0.05, 0.1) is 6.61 Å². The van der Waals surface area contributed by atoms with Crippen LogP contribution < -0.4 is 5.56 Å². The molecule has 2 heterocycles. The highest BCUT2D eigenvalue weighted by atomic mass is 16.5. The largest absolute Gasteiger partial charge is 0.462 e. The van der Waals surface area contributed by atoms with E-state index in [0.29, 0.717) is 5.65 Å². The third kappa shape index (κ3) is 1.50. The molecule has 2 aromatic rings. The first-order chi connectivity index (χ1) is 7.24. The minimum Gasteiger partial charge on any atom is -0.462 e. The smallest absolute Gasteiger partial charge is 0.345 e. The Bertz CT molecular complexity index is 555. The van der Waals surface area contributed by atoms with E-state index in [1.54, 1.807) is 19.2 Å². The standard InChI is InChI=1S/C9H9N3O3/c1-2-15-9(14)6-5-10-7-3-4-11-12(7)8(6)13/h3-5,11H,2H2,1H3. The second-order valence-corrected chi connectivity index (χ2v) is 2.85. The lowest BCUT2D eigenvalue weighted by molar-refractivity contribution is 0.0523. The Morgan fingerprint density at radius 3 is 3.20 bits per heavy atom. The third-order valence-corrected chi connectivity index (χ3v) is 1.92. The molecule has 2 rings (SSSR count). The highest BCUT2D eigenvalue weighted by Crippen LogP contribution is 1.97. The molecule has 0 aliphatic heterocycles. The molecule has 6 heteroatoms. The molecule has 0 aromatic carbocycles. The number of aromatic nitrogens is 3. The van der Waals surface area contributed by atoms with Crippen LogP contribution in [0, 0.1) is 0 Å². The van der Waals surface area contributed by atoms with E-state index in [1.165, 1.54) is 10.7 Å². The first-order valence-corrected chi connectivity index (χ1v) is 4.46. The second-order valence-electron chi connectivity index (χ2n) is 2.85. The fraction of sp³-hybridized carbons (Fsp3) is 0.222. The zero-order valence-electron chi connectivity index (χ0n) is 8.06. The van der Waals surface area contributed by atoms with Gasteiger partial charge < -0.3 is 4.74 Å². The van der Waals surface area contributed by atoms with E-state index >= 15 is 0 Å². The van der Waals surface area contributed by atoms with Gasteiger partial charge in [-0.05, 0) is 6.92 Å². The Morgan fingerprint density at radius 1 is 1.67 bits per heavy atom. The maximum atomic E-state index is 11.7. The summed E-state index contributed by atoms with van der Waals surface area (Å²) < 4.78 is 5.91. The van der Waals surface area contributed by atoms with Crippen LogP contribution in [0.4, 0.5) is 0 Å². The van der Waals surface area contributed by atoms with Gasteiger partial charge in [-0.3, -0.25) is 9.89 Å². The van der Waals surface area contributed by atoms with Gasteiger partial charge in [0, 0.05) is 18.5 Å². The van der Waals surface area contributed by atoms with Crippen molar-refractivity contribution in [2.45, 2.75) is 6.92 Å². The Morgan fingerprint density at radius 2 is 2.47 bits per heavy atom. The van der Waals surface area contributed by atoms with Crippen LogP contribution in [0.2, 0.25) is 0 Å². The van der Waals surface area contributed by atoms with E-state index in [9.17, 15) is 9.59 Å². The normalized spacial score (nSPS) is 10.5. The molecule has 0 amide bonds. The maximum Gasteiger partial charge on any atom is 0.345 e. The number of nitrogens with one attached hydrogen (secondary N) is 1. The maximum absolute atomic E-state index is 11.7. The second kappa shape index (κ2) is 3.56. The number of ether oxygens (including phenoxy) is 1. The molecule has 15 heavy (non-hydrogen) atoms. The SMILES string of the molecule is CCOC(=O)c1cnc2cc[nH]n2c1=O.